The zero-order valence-electron chi connectivity index (χ0n) is 12.2. The van der Waals surface area contributed by atoms with Crippen molar-refractivity contribution in [3.8, 4) is 0 Å². The van der Waals surface area contributed by atoms with E-state index in [0.717, 1.165) is 12.1 Å². The van der Waals surface area contributed by atoms with Crippen molar-refractivity contribution in [2.24, 2.45) is 0 Å². The number of amides is 1. The molecule has 0 atom stereocenters. The van der Waals surface area contributed by atoms with Gasteiger partial charge >= 0.3 is 5.97 Å². The summed E-state index contributed by atoms with van der Waals surface area (Å²) in [6.07, 6.45) is 0.410. The lowest BCUT2D eigenvalue weighted by atomic mass is 10.1. The summed E-state index contributed by atoms with van der Waals surface area (Å²) in [7, 11) is 0. The van der Waals surface area contributed by atoms with Gasteiger partial charge in [-0.3, -0.25) is 9.59 Å². The molecule has 0 N–H and O–H groups in total. The summed E-state index contributed by atoms with van der Waals surface area (Å²) in [5.41, 5.74) is 0.537. The minimum Gasteiger partial charge on any atom is -0.465 e. The Kier molecular flexibility index (Phi) is 6.78. The summed E-state index contributed by atoms with van der Waals surface area (Å²) in [6, 6.07) is 3.54. The predicted molar refractivity (Wildman–Crippen MR) is 73.6 cm³/mol. The molecule has 0 aliphatic heterocycles. The highest BCUT2D eigenvalue weighted by atomic mass is 19.2. The van der Waals surface area contributed by atoms with Crippen molar-refractivity contribution in [2.75, 3.05) is 19.7 Å². The summed E-state index contributed by atoms with van der Waals surface area (Å²) in [5, 5.41) is 0. The van der Waals surface area contributed by atoms with Crippen LogP contribution in [0.1, 0.15) is 25.8 Å². The second-order valence-corrected chi connectivity index (χ2v) is 4.46. The Hall–Kier alpha value is -1.98. The van der Waals surface area contributed by atoms with Crippen LogP contribution in [0.15, 0.2) is 18.2 Å². The van der Waals surface area contributed by atoms with Crippen molar-refractivity contribution in [3.63, 3.8) is 0 Å². The van der Waals surface area contributed by atoms with E-state index >= 15 is 0 Å². The zero-order chi connectivity index (χ0) is 15.8. The van der Waals surface area contributed by atoms with Crippen LogP contribution >= 0.6 is 0 Å². The molecule has 6 heteroatoms. The van der Waals surface area contributed by atoms with E-state index in [0.29, 0.717) is 12.1 Å². The number of rotatable bonds is 7. The number of carbonyl (C=O) groups is 2. The number of hydrogen-bond acceptors (Lipinski definition) is 3. The van der Waals surface area contributed by atoms with Crippen LogP contribution in [0.3, 0.4) is 0 Å². The molecule has 0 radical (unpaired) electrons. The summed E-state index contributed by atoms with van der Waals surface area (Å²) in [6.45, 7) is 4.00. The third-order valence-corrected chi connectivity index (χ3v) is 2.97. The number of hydrogen-bond donors (Lipinski definition) is 0. The first-order valence-corrected chi connectivity index (χ1v) is 6.85. The first-order valence-electron chi connectivity index (χ1n) is 6.85. The quantitative estimate of drug-likeness (QED) is 0.726. The summed E-state index contributed by atoms with van der Waals surface area (Å²) in [5.74, 6) is -2.53. The molecular weight excluding hydrogens is 280 g/mol. The molecule has 0 fully saturated rings. The Morgan fingerprint density at radius 3 is 2.48 bits per heavy atom. The van der Waals surface area contributed by atoms with E-state index in [1.165, 1.54) is 11.0 Å². The summed E-state index contributed by atoms with van der Waals surface area (Å²) < 4.78 is 30.6. The van der Waals surface area contributed by atoms with E-state index in [4.69, 9.17) is 4.74 Å². The van der Waals surface area contributed by atoms with Crippen molar-refractivity contribution in [3.05, 3.63) is 35.4 Å². The third kappa shape index (κ3) is 5.49. The van der Waals surface area contributed by atoms with E-state index < -0.39 is 17.6 Å². The van der Waals surface area contributed by atoms with Crippen LogP contribution in [0.4, 0.5) is 8.78 Å². The third-order valence-electron chi connectivity index (χ3n) is 2.97. The van der Waals surface area contributed by atoms with Gasteiger partial charge in [-0.25, -0.2) is 8.78 Å². The van der Waals surface area contributed by atoms with Crippen molar-refractivity contribution in [1.29, 1.82) is 0 Å². The molecule has 1 rings (SSSR count). The van der Waals surface area contributed by atoms with Crippen molar-refractivity contribution in [2.45, 2.75) is 26.7 Å². The molecule has 0 heterocycles. The topological polar surface area (TPSA) is 46.6 Å². The molecule has 0 aliphatic rings. The molecule has 4 nitrogen and oxygen atoms in total. The molecule has 0 bridgehead atoms. The smallest absolute Gasteiger partial charge is 0.325 e. The van der Waals surface area contributed by atoms with E-state index in [-0.39, 0.29) is 31.9 Å². The number of aryl methyl sites for hydroxylation is 1. The van der Waals surface area contributed by atoms with Crippen molar-refractivity contribution >= 4 is 11.9 Å². The van der Waals surface area contributed by atoms with Gasteiger partial charge in [-0.1, -0.05) is 6.07 Å². The van der Waals surface area contributed by atoms with Crippen LogP contribution in [0.2, 0.25) is 0 Å². The highest BCUT2D eigenvalue weighted by Gasteiger charge is 2.16. The lowest BCUT2D eigenvalue weighted by molar-refractivity contribution is -0.148. The van der Waals surface area contributed by atoms with Crippen LogP contribution in [-0.4, -0.2) is 36.5 Å². The molecule has 1 aromatic rings. The second-order valence-electron chi connectivity index (χ2n) is 4.46. The Morgan fingerprint density at radius 1 is 1.19 bits per heavy atom. The lowest BCUT2D eigenvalue weighted by Crippen LogP contribution is -2.36. The second kappa shape index (κ2) is 8.34. The molecule has 116 valence electrons. The van der Waals surface area contributed by atoms with Crippen molar-refractivity contribution in [1.82, 2.24) is 4.90 Å². The maximum absolute atomic E-state index is 13.1. The molecule has 0 spiro atoms. The van der Waals surface area contributed by atoms with Gasteiger partial charge in [-0.15, -0.1) is 0 Å². The number of likely N-dealkylation sites (N-methyl/N-ethyl adjacent to an activating group) is 1. The van der Waals surface area contributed by atoms with Gasteiger partial charge in [0.1, 0.15) is 6.54 Å². The van der Waals surface area contributed by atoms with Crippen LogP contribution in [-0.2, 0) is 20.7 Å². The van der Waals surface area contributed by atoms with Gasteiger partial charge in [-0.05, 0) is 38.0 Å². The van der Waals surface area contributed by atoms with Gasteiger partial charge < -0.3 is 9.64 Å². The monoisotopic (exact) mass is 299 g/mol. The number of esters is 1. The molecule has 0 saturated heterocycles. The average Bonchev–Trinajstić information content (AvgIpc) is 2.46. The Morgan fingerprint density at radius 2 is 1.90 bits per heavy atom. The fraction of sp³-hybridized carbons (Fsp3) is 0.467. The van der Waals surface area contributed by atoms with Crippen molar-refractivity contribution < 1.29 is 23.1 Å². The largest absolute Gasteiger partial charge is 0.465 e. The lowest BCUT2D eigenvalue weighted by Gasteiger charge is -2.19. The van der Waals surface area contributed by atoms with Gasteiger partial charge in [0, 0.05) is 13.0 Å². The van der Waals surface area contributed by atoms with Gasteiger partial charge in [-0.2, -0.15) is 0 Å². The molecular formula is C15H19F2NO3. The van der Waals surface area contributed by atoms with Gasteiger partial charge in [0.15, 0.2) is 11.6 Å². The normalized spacial score (nSPS) is 10.3. The number of halogens is 2. The van der Waals surface area contributed by atoms with E-state index in [1.807, 2.05) is 0 Å². The molecule has 0 saturated carbocycles. The minimum atomic E-state index is -0.932. The number of carbonyl (C=O) groups excluding carboxylic acids is 2. The zero-order valence-corrected chi connectivity index (χ0v) is 12.2. The standard InChI is InChI=1S/C15H19F2NO3/c1-3-18(10-15(20)21-4-2)14(19)8-6-11-5-7-12(16)13(17)9-11/h5,7,9H,3-4,6,8,10H2,1-2H3. The van der Waals surface area contributed by atoms with Gasteiger partial charge in [0.25, 0.3) is 0 Å². The van der Waals surface area contributed by atoms with Crippen LogP contribution < -0.4 is 0 Å². The van der Waals surface area contributed by atoms with Crippen LogP contribution in [0.5, 0.6) is 0 Å². The molecule has 1 amide bonds. The summed E-state index contributed by atoms with van der Waals surface area (Å²) >= 11 is 0. The first kappa shape index (κ1) is 17.1. The molecule has 0 aliphatic carbocycles. The fourth-order valence-electron chi connectivity index (χ4n) is 1.84. The molecule has 1 aromatic carbocycles. The predicted octanol–water partition coefficient (Wildman–Crippen LogP) is 2.31. The van der Waals surface area contributed by atoms with E-state index in [1.54, 1.807) is 13.8 Å². The Labute approximate surface area is 122 Å². The SMILES string of the molecule is CCOC(=O)CN(CC)C(=O)CCc1ccc(F)c(F)c1. The maximum atomic E-state index is 13.1. The number of ether oxygens (including phenoxy) is 1. The first-order chi connectivity index (χ1) is 9.97. The maximum Gasteiger partial charge on any atom is 0.325 e. The van der Waals surface area contributed by atoms with Crippen LogP contribution in [0, 0.1) is 11.6 Å². The molecule has 21 heavy (non-hydrogen) atoms. The minimum absolute atomic E-state index is 0.0963. The number of benzene rings is 1. The summed E-state index contributed by atoms with van der Waals surface area (Å²) in [4.78, 5) is 24.7. The highest BCUT2D eigenvalue weighted by molar-refractivity contribution is 5.82. The molecule has 0 aromatic heterocycles. The van der Waals surface area contributed by atoms with Gasteiger partial charge in [0.05, 0.1) is 6.61 Å². The van der Waals surface area contributed by atoms with E-state index in [9.17, 15) is 18.4 Å². The Balaban J connectivity index is 2.54. The highest BCUT2D eigenvalue weighted by Crippen LogP contribution is 2.11. The Bertz CT molecular complexity index is 506. The van der Waals surface area contributed by atoms with E-state index in [2.05, 4.69) is 0 Å². The molecule has 0 unspecified atom stereocenters. The number of nitrogens with zero attached hydrogens (tertiary/aromatic N) is 1. The van der Waals surface area contributed by atoms with Crippen LogP contribution in [0.25, 0.3) is 0 Å². The average molecular weight is 299 g/mol. The fourth-order valence-corrected chi connectivity index (χ4v) is 1.84. The van der Waals surface area contributed by atoms with Gasteiger partial charge in [0.2, 0.25) is 5.91 Å².